The molecule has 3 heteroatoms. The molecule has 70 valence electrons. The molecule has 0 unspecified atom stereocenters. The highest BCUT2D eigenvalue weighted by molar-refractivity contribution is 5.69. The van der Waals surface area contributed by atoms with Gasteiger partial charge in [0.25, 0.3) is 0 Å². The largest absolute Gasteiger partial charge is 0.466 e. The van der Waals surface area contributed by atoms with Gasteiger partial charge in [-0.3, -0.25) is 4.79 Å². The molecule has 1 rings (SSSR count). The minimum atomic E-state index is -0.0726. The lowest BCUT2D eigenvalue weighted by Gasteiger charge is -2.07. The maximum atomic E-state index is 11.0. The fourth-order valence-corrected chi connectivity index (χ4v) is 1.75. The summed E-state index contributed by atoms with van der Waals surface area (Å²) in [5.41, 5.74) is 5.72. The van der Waals surface area contributed by atoms with Crippen molar-refractivity contribution in [2.75, 3.05) is 6.61 Å². The van der Waals surface area contributed by atoms with Gasteiger partial charge >= 0.3 is 5.97 Å². The maximum absolute atomic E-state index is 11.0. The Morgan fingerprint density at radius 1 is 1.58 bits per heavy atom. The number of nitrogens with two attached hydrogens (primary N) is 1. The van der Waals surface area contributed by atoms with Gasteiger partial charge in [-0.15, -0.1) is 0 Å². The number of hydrogen-bond donors (Lipinski definition) is 1. The molecule has 0 heterocycles. The lowest BCUT2D eigenvalue weighted by Crippen LogP contribution is -2.16. The molecule has 12 heavy (non-hydrogen) atoms. The summed E-state index contributed by atoms with van der Waals surface area (Å²) in [5, 5.41) is 0. The van der Waals surface area contributed by atoms with Crippen molar-refractivity contribution in [2.45, 2.75) is 38.6 Å². The Morgan fingerprint density at radius 2 is 2.33 bits per heavy atom. The molecule has 0 amide bonds. The predicted octanol–water partition coefficient (Wildman–Crippen LogP) is 1.07. The number of hydrogen-bond acceptors (Lipinski definition) is 3. The lowest BCUT2D eigenvalue weighted by atomic mass is 10.0. The van der Waals surface area contributed by atoms with Crippen LogP contribution in [0.5, 0.6) is 0 Å². The van der Waals surface area contributed by atoms with Crippen LogP contribution in [0.25, 0.3) is 0 Å². The first kappa shape index (κ1) is 9.52. The van der Waals surface area contributed by atoms with Crippen LogP contribution in [0.1, 0.15) is 32.6 Å². The molecule has 1 aliphatic rings. The minimum absolute atomic E-state index is 0.0726. The van der Waals surface area contributed by atoms with Crippen LogP contribution in [0.2, 0.25) is 0 Å². The van der Waals surface area contributed by atoms with E-state index in [4.69, 9.17) is 10.5 Å². The summed E-state index contributed by atoms with van der Waals surface area (Å²) in [4.78, 5) is 11.0. The second-order valence-corrected chi connectivity index (χ2v) is 3.45. The third-order valence-corrected chi connectivity index (χ3v) is 2.34. The monoisotopic (exact) mass is 171 g/mol. The Labute approximate surface area is 73.3 Å². The van der Waals surface area contributed by atoms with Gasteiger partial charge in [0, 0.05) is 12.5 Å². The Morgan fingerprint density at radius 3 is 2.83 bits per heavy atom. The van der Waals surface area contributed by atoms with Crippen LogP contribution in [0, 0.1) is 5.92 Å². The smallest absolute Gasteiger partial charge is 0.306 e. The lowest BCUT2D eigenvalue weighted by molar-refractivity contribution is -0.144. The number of carbonyl (C=O) groups is 1. The van der Waals surface area contributed by atoms with E-state index in [1.54, 1.807) is 0 Å². The highest BCUT2D eigenvalue weighted by Gasteiger charge is 2.24. The van der Waals surface area contributed by atoms with E-state index in [-0.39, 0.29) is 5.97 Å². The second-order valence-electron chi connectivity index (χ2n) is 3.45. The van der Waals surface area contributed by atoms with E-state index >= 15 is 0 Å². The molecule has 0 aromatic carbocycles. The zero-order chi connectivity index (χ0) is 8.97. The van der Waals surface area contributed by atoms with E-state index in [2.05, 4.69) is 0 Å². The Bertz CT molecular complexity index is 159. The van der Waals surface area contributed by atoms with Crippen LogP contribution in [-0.2, 0) is 9.53 Å². The van der Waals surface area contributed by atoms with E-state index < -0.39 is 0 Å². The molecule has 0 radical (unpaired) electrons. The number of rotatable bonds is 3. The van der Waals surface area contributed by atoms with Gasteiger partial charge < -0.3 is 10.5 Å². The quantitative estimate of drug-likeness (QED) is 0.646. The van der Waals surface area contributed by atoms with Crippen molar-refractivity contribution in [2.24, 2.45) is 11.7 Å². The van der Waals surface area contributed by atoms with Gasteiger partial charge in [-0.25, -0.2) is 0 Å². The topological polar surface area (TPSA) is 52.3 Å². The normalized spacial score (nSPS) is 28.8. The summed E-state index contributed by atoms with van der Waals surface area (Å²) in [6.07, 6.45) is 3.68. The Balaban J connectivity index is 2.18. The fraction of sp³-hybridized carbons (Fsp3) is 0.889. The molecule has 0 saturated heterocycles. The second kappa shape index (κ2) is 4.45. The van der Waals surface area contributed by atoms with Crippen LogP contribution < -0.4 is 5.73 Å². The molecule has 2 atom stereocenters. The number of carbonyl (C=O) groups excluding carboxylic acids is 1. The Hall–Kier alpha value is -0.570. The summed E-state index contributed by atoms with van der Waals surface area (Å²) >= 11 is 0. The molecule has 1 aliphatic carbocycles. The zero-order valence-corrected chi connectivity index (χ0v) is 7.58. The molecule has 0 spiro atoms. The average molecular weight is 171 g/mol. The molecular weight excluding hydrogens is 154 g/mol. The molecule has 0 aliphatic heterocycles. The van der Waals surface area contributed by atoms with Crippen LogP contribution in [0.15, 0.2) is 0 Å². The summed E-state index contributed by atoms with van der Waals surface area (Å²) < 4.78 is 4.86. The highest BCUT2D eigenvalue weighted by atomic mass is 16.5. The molecule has 0 aromatic heterocycles. The zero-order valence-electron chi connectivity index (χ0n) is 7.58. The van der Waals surface area contributed by atoms with E-state index in [1.165, 1.54) is 0 Å². The molecule has 1 saturated carbocycles. The Kier molecular flexibility index (Phi) is 3.53. The third-order valence-electron chi connectivity index (χ3n) is 2.34. The van der Waals surface area contributed by atoms with Crippen molar-refractivity contribution < 1.29 is 9.53 Å². The first-order chi connectivity index (χ1) is 5.72. The predicted molar refractivity (Wildman–Crippen MR) is 46.6 cm³/mol. The SMILES string of the molecule is CCOC(=O)C[C@@H]1CC[C@@H](N)C1. The molecule has 0 bridgehead atoms. The molecular formula is C9H17NO2. The van der Waals surface area contributed by atoms with Gasteiger partial charge in [0.2, 0.25) is 0 Å². The van der Waals surface area contributed by atoms with Crippen molar-refractivity contribution in [3.05, 3.63) is 0 Å². The maximum Gasteiger partial charge on any atom is 0.306 e. The third kappa shape index (κ3) is 2.81. The first-order valence-electron chi connectivity index (χ1n) is 4.63. The minimum Gasteiger partial charge on any atom is -0.466 e. The van der Waals surface area contributed by atoms with Gasteiger partial charge in [-0.05, 0) is 32.1 Å². The molecule has 3 nitrogen and oxygen atoms in total. The summed E-state index contributed by atoms with van der Waals surface area (Å²) in [5.74, 6) is 0.399. The van der Waals surface area contributed by atoms with Gasteiger partial charge in [-0.2, -0.15) is 0 Å². The van der Waals surface area contributed by atoms with Crippen molar-refractivity contribution >= 4 is 5.97 Å². The van der Waals surface area contributed by atoms with Gasteiger partial charge in [-0.1, -0.05) is 0 Å². The first-order valence-corrected chi connectivity index (χ1v) is 4.63. The standard InChI is InChI=1S/C9H17NO2/c1-2-12-9(11)6-7-3-4-8(10)5-7/h7-8H,2-6,10H2,1H3/t7-,8-/m1/s1. The van der Waals surface area contributed by atoms with E-state index in [9.17, 15) is 4.79 Å². The van der Waals surface area contributed by atoms with Crippen molar-refractivity contribution in [3.63, 3.8) is 0 Å². The summed E-state index contributed by atoms with van der Waals surface area (Å²) in [6, 6.07) is 0.310. The van der Waals surface area contributed by atoms with Gasteiger partial charge in [0.05, 0.1) is 6.61 Å². The van der Waals surface area contributed by atoms with E-state index in [1.807, 2.05) is 6.92 Å². The van der Waals surface area contributed by atoms with Crippen molar-refractivity contribution in [3.8, 4) is 0 Å². The van der Waals surface area contributed by atoms with Crippen LogP contribution in [0.4, 0.5) is 0 Å². The molecule has 0 aromatic rings. The van der Waals surface area contributed by atoms with Crippen LogP contribution in [-0.4, -0.2) is 18.6 Å². The van der Waals surface area contributed by atoms with Crippen LogP contribution in [0.3, 0.4) is 0 Å². The highest BCUT2D eigenvalue weighted by Crippen LogP contribution is 2.26. The van der Waals surface area contributed by atoms with E-state index in [0.717, 1.165) is 19.3 Å². The van der Waals surface area contributed by atoms with Gasteiger partial charge in [0.15, 0.2) is 0 Å². The summed E-state index contributed by atoms with van der Waals surface area (Å²) in [6.45, 7) is 2.32. The fourth-order valence-electron chi connectivity index (χ4n) is 1.75. The van der Waals surface area contributed by atoms with Crippen LogP contribution >= 0.6 is 0 Å². The van der Waals surface area contributed by atoms with Crippen molar-refractivity contribution in [1.82, 2.24) is 0 Å². The molecule has 1 fully saturated rings. The van der Waals surface area contributed by atoms with Crippen molar-refractivity contribution in [1.29, 1.82) is 0 Å². The van der Waals surface area contributed by atoms with E-state index in [0.29, 0.717) is 25.0 Å². The molecule has 2 N–H and O–H groups in total. The number of esters is 1. The van der Waals surface area contributed by atoms with Gasteiger partial charge in [0.1, 0.15) is 0 Å². The number of ether oxygens (including phenoxy) is 1. The average Bonchev–Trinajstić information content (AvgIpc) is 2.36. The summed E-state index contributed by atoms with van der Waals surface area (Å²) in [7, 11) is 0.